The molecule has 29 heavy (non-hydrogen) atoms. The van der Waals surface area contributed by atoms with E-state index in [2.05, 4.69) is 5.32 Å². The molecule has 1 aromatic rings. The number of aromatic nitrogens is 1. The third-order valence-corrected chi connectivity index (χ3v) is 6.19. The Kier molecular flexibility index (Phi) is 7.67. The second kappa shape index (κ2) is 10.0. The molecule has 0 aromatic carbocycles. The fourth-order valence-corrected chi connectivity index (χ4v) is 4.47. The van der Waals surface area contributed by atoms with Gasteiger partial charge in [-0.1, -0.05) is 0 Å². The van der Waals surface area contributed by atoms with Crippen LogP contribution in [0.5, 0.6) is 0 Å². The van der Waals surface area contributed by atoms with E-state index in [9.17, 15) is 14.0 Å². The fraction of sp³-hybridized carbons (Fsp3) is 0.700. The van der Waals surface area contributed by atoms with Crippen molar-refractivity contribution in [3.05, 3.63) is 28.7 Å². The Morgan fingerprint density at radius 3 is 2.72 bits per heavy atom. The number of hydrogen-bond acceptors (Lipinski definition) is 5. The number of aliphatic hydroxyl groups excluding tert-OH is 1. The van der Waals surface area contributed by atoms with E-state index in [1.54, 1.807) is 13.2 Å². The van der Waals surface area contributed by atoms with Gasteiger partial charge in [0.15, 0.2) is 0 Å². The van der Waals surface area contributed by atoms with Crippen molar-refractivity contribution in [3.63, 3.8) is 0 Å². The van der Waals surface area contributed by atoms with Crippen LogP contribution in [0, 0.1) is 5.92 Å². The molecule has 2 fully saturated rings. The van der Waals surface area contributed by atoms with E-state index in [1.165, 1.54) is 12.3 Å². The number of hydrogen-bond donors (Lipinski definition) is 2. The number of carbonyl (C=O) groups is 1. The minimum absolute atomic E-state index is 0.132. The Bertz CT molecular complexity index is 761. The Balaban J connectivity index is 1.69. The van der Waals surface area contributed by atoms with Crippen molar-refractivity contribution in [2.24, 2.45) is 5.92 Å². The van der Waals surface area contributed by atoms with E-state index in [0.717, 1.165) is 11.0 Å². The fourth-order valence-electron chi connectivity index (χ4n) is 4.15. The van der Waals surface area contributed by atoms with Gasteiger partial charge in [-0.25, -0.2) is 4.39 Å². The predicted octanol–water partition coefficient (Wildman–Crippen LogP) is 2.43. The number of nitrogens with one attached hydrogen (secondary N) is 1. The van der Waals surface area contributed by atoms with Crippen LogP contribution in [0.25, 0.3) is 0 Å². The van der Waals surface area contributed by atoms with Gasteiger partial charge in [0.25, 0.3) is 5.56 Å². The van der Waals surface area contributed by atoms with Crippen molar-refractivity contribution in [2.75, 3.05) is 12.4 Å². The molecule has 9 heteroatoms. The van der Waals surface area contributed by atoms with E-state index in [-0.39, 0.29) is 29.6 Å². The van der Waals surface area contributed by atoms with Gasteiger partial charge < -0.3 is 19.9 Å². The first-order chi connectivity index (χ1) is 13.9. The number of nitrogens with zero attached hydrogens (tertiary/aromatic N) is 1. The molecule has 0 saturated heterocycles. The number of alkyl halides is 2. The van der Waals surface area contributed by atoms with Gasteiger partial charge in [-0.15, -0.1) is 11.6 Å². The average Bonchev–Trinajstić information content (AvgIpc) is 2.70. The van der Waals surface area contributed by atoms with Crippen molar-refractivity contribution in [1.29, 1.82) is 0 Å². The quantitative estimate of drug-likeness (QED) is 0.676. The Morgan fingerprint density at radius 2 is 2.03 bits per heavy atom. The smallest absolute Gasteiger partial charge is 0.254 e. The minimum Gasteiger partial charge on any atom is -0.379 e. The van der Waals surface area contributed by atoms with Gasteiger partial charge in [0.1, 0.15) is 12.9 Å². The number of methoxy groups -OCH3 is 1. The number of ether oxygens (including phenoxy) is 2. The second-order valence-electron chi connectivity index (χ2n) is 7.77. The first-order valence-corrected chi connectivity index (χ1v) is 10.4. The molecule has 6 atom stereocenters. The van der Waals surface area contributed by atoms with Crippen LogP contribution in [0.1, 0.15) is 38.5 Å². The topological polar surface area (TPSA) is 89.8 Å². The van der Waals surface area contributed by atoms with Crippen molar-refractivity contribution in [3.8, 4) is 0 Å². The SMILES string of the molecule is COC1CC(F)CCC1OC1CCC(Cl)CC1C(=O)Nc1ccn(CO)c(=O)c1. The van der Waals surface area contributed by atoms with E-state index >= 15 is 0 Å². The molecule has 3 rings (SSSR count). The van der Waals surface area contributed by atoms with Gasteiger partial charge in [0.2, 0.25) is 5.91 Å². The summed E-state index contributed by atoms with van der Waals surface area (Å²) in [6.45, 7) is -0.429. The summed E-state index contributed by atoms with van der Waals surface area (Å²) in [5, 5.41) is 11.7. The molecular formula is C20H28ClFN2O5. The standard InChI is InChI=1S/C20H28ClFN2O5/c1-28-18-9-13(22)3-5-17(18)29-16-4-2-12(21)8-15(16)20(27)23-14-6-7-24(11-25)19(26)10-14/h6-7,10,12-13,15-18,25H,2-5,8-9,11H2,1H3,(H,23,27). The van der Waals surface area contributed by atoms with Crippen LogP contribution >= 0.6 is 11.6 Å². The van der Waals surface area contributed by atoms with Gasteiger partial charge in [0, 0.05) is 36.9 Å². The van der Waals surface area contributed by atoms with Crippen LogP contribution in [0.3, 0.4) is 0 Å². The maximum Gasteiger partial charge on any atom is 0.254 e. The summed E-state index contributed by atoms with van der Waals surface area (Å²) in [6, 6.07) is 2.81. The summed E-state index contributed by atoms with van der Waals surface area (Å²) >= 11 is 6.32. The lowest BCUT2D eigenvalue weighted by atomic mass is 9.84. The molecule has 0 aliphatic heterocycles. The van der Waals surface area contributed by atoms with Crippen molar-refractivity contribution in [2.45, 2.75) is 75.1 Å². The van der Waals surface area contributed by atoms with Gasteiger partial charge in [-0.3, -0.25) is 14.2 Å². The number of amides is 1. The number of carbonyl (C=O) groups excluding carboxylic acids is 1. The molecule has 162 valence electrons. The molecular weight excluding hydrogens is 403 g/mol. The molecule has 0 spiro atoms. The third kappa shape index (κ3) is 5.57. The molecule has 1 amide bonds. The van der Waals surface area contributed by atoms with Crippen molar-refractivity contribution >= 4 is 23.2 Å². The lowest BCUT2D eigenvalue weighted by Gasteiger charge is -2.39. The molecule has 2 saturated carbocycles. The first-order valence-electron chi connectivity index (χ1n) is 9.99. The van der Waals surface area contributed by atoms with Crippen LogP contribution in [0.4, 0.5) is 10.1 Å². The van der Waals surface area contributed by atoms with E-state index in [4.69, 9.17) is 26.2 Å². The van der Waals surface area contributed by atoms with E-state index in [1.807, 2.05) is 0 Å². The summed E-state index contributed by atoms with van der Waals surface area (Å²) in [4.78, 5) is 24.8. The normalized spacial score (nSPS) is 32.7. The monoisotopic (exact) mass is 430 g/mol. The number of aliphatic hydroxyl groups is 1. The zero-order chi connectivity index (χ0) is 21.0. The van der Waals surface area contributed by atoms with Crippen LogP contribution < -0.4 is 10.9 Å². The maximum absolute atomic E-state index is 13.7. The van der Waals surface area contributed by atoms with Crippen LogP contribution in [0.15, 0.2) is 23.1 Å². The molecule has 2 aliphatic rings. The minimum atomic E-state index is -0.890. The first kappa shape index (κ1) is 22.2. The summed E-state index contributed by atoms with van der Waals surface area (Å²) < 4.78 is 26.5. The predicted molar refractivity (Wildman–Crippen MR) is 107 cm³/mol. The largest absolute Gasteiger partial charge is 0.379 e. The van der Waals surface area contributed by atoms with Gasteiger partial charge in [0.05, 0.1) is 24.2 Å². The maximum atomic E-state index is 13.7. The molecule has 0 radical (unpaired) electrons. The lowest BCUT2D eigenvalue weighted by Crippen LogP contribution is -2.46. The van der Waals surface area contributed by atoms with Gasteiger partial charge in [-0.05, 0) is 38.2 Å². The number of rotatable bonds is 6. The Labute approximate surface area is 174 Å². The number of anilines is 1. The molecule has 2 aliphatic carbocycles. The number of halogens is 2. The second-order valence-corrected chi connectivity index (χ2v) is 8.39. The zero-order valence-corrected chi connectivity index (χ0v) is 17.2. The van der Waals surface area contributed by atoms with Gasteiger partial charge >= 0.3 is 0 Å². The molecule has 7 nitrogen and oxygen atoms in total. The molecule has 6 unspecified atom stereocenters. The number of pyridine rings is 1. The van der Waals surface area contributed by atoms with E-state index < -0.39 is 24.4 Å². The summed E-state index contributed by atoms with van der Waals surface area (Å²) in [5.74, 6) is -0.748. The third-order valence-electron chi connectivity index (χ3n) is 5.80. The molecule has 0 bridgehead atoms. The highest BCUT2D eigenvalue weighted by Crippen LogP contribution is 2.35. The van der Waals surface area contributed by atoms with Crippen molar-refractivity contribution in [1.82, 2.24) is 4.57 Å². The van der Waals surface area contributed by atoms with Crippen LogP contribution in [0.2, 0.25) is 0 Å². The summed E-state index contributed by atoms with van der Waals surface area (Å²) in [7, 11) is 1.55. The molecule has 2 N–H and O–H groups in total. The highest BCUT2D eigenvalue weighted by molar-refractivity contribution is 6.20. The molecule has 1 aromatic heterocycles. The lowest BCUT2D eigenvalue weighted by molar-refractivity contribution is -0.149. The Morgan fingerprint density at radius 1 is 1.28 bits per heavy atom. The van der Waals surface area contributed by atoms with Gasteiger partial charge in [-0.2, -0.15) is 0 Å². The highest BCUT2D eigenvalue weighted by atomic mass is 35.5. The molecule has 1 heterocycles. The van der Waals surface area contributed by atoms with E-state index in [0.29, 0.717) is 37.8 Å². The van der Waals surface area contributed by atoms with Crippen LogP contribution in [-0.4, -0.2) is 52.6 Å². The van der Waals surface area contributed by atoms with Crippen LogP contribution in [-0.2, 0) is 21.0 Å². The highest BCUT2D eigenvalue weighted by Gasteiger charge is 2.40. The summed E-state index contributed by atoms with van der Waals surface area (Å²) in [6.07, 6.45) is 2.68. The summed E-state index contributed by atoms with van der Waals surface area (Å²) in [5.41, 5.74) is -0.0595. The van der Waals surface area contributed by atoms with Crippen molar-refractivity contribution < 1.29 is 23.8 Å². The average molecular weight is 431 g/mol. The Hall–Kier alpha value is -1.48. The zero-order valence-electron chi connectivity index (χ0n) is 16.4.